The molecule has 1 aliphatic rings. The third-order valence-electron chi connectivity index (χ3n) is 1.71. The predicted molar refractivity (Wildman–Crippen MR) is 46.2 cm³/mol. The summed E-state index contributed by atoms with van der Waals surface area (Å²) in [5.74, 6) is 0. The van der Waals surface area contributed by atoms with Crippen LogP contribution in [0.15, 0.2) is 23.8 Å². The summed E-state index contributed by atoms with van der Waals surface area (Å²) in [5, 5.41) is 9.64. The second-order valence-corrected chi connectivity index (χ2v) is 3.77. The highest BCUT2D eigenvalue weighted by Gasteiger charge is 2.29. The highest BCUT2D eigenvalue weighted by Crippen LogP contribution is 2.29. The molecule has 0 saturated heterocycles. The topological polar surface area (TPSA) is 20.2 Å². The molecule has 0 amide bonds. The van der Waals surface area contributed by atoms with Crippen molar-refractivity contribution in [3.05, 3.63) is 23.8 Å². The summed E-state index contributed by atoms with van der Waals surface area (Å²) in [6.45, 7) is 3.79. The molecule has 0 saturated carbocycles. The van der Waals surface area contributed by atoms with Crippen LogP contribution in [0.2, 0.25) is 0 Å². The Bertz CT molecular complexity index is 191. The molecule has 0 aromatic rings. The maximum atomic E-state index is 9.64. The zero-order valence-corrected chi connectivity index (χ0v) is 7.72. The van der Waals surface area contributed by atoms with E-state index in [2.05, 4.69) is 15.9 Å². The van der Waals surface area contributed by atoms with Gasteiger partial charge in [0.2, 0.25) is 0 Å². The average molecular weight is 203 g/mol. The fourth-order valence-electron chi connectivity index (χ4n) is 1.02. The van der Waals surface area contributed by atoms with Crippen LogP contribution < -0.4 is 0 Å². The van der Waals surface area contributed by atoms with Gasteiger partial charge in [0.25, 0.3) is 0 Å². The van der Waals surface area contributed by atoms with Crippen molar-refractivity contribution in [2.24, 2.45) is 0 Å². The van der Waals surface area contributed by atoms with Crippen LogP contribution in [0.1, 0.15) is 13.8 Å². The van der Waals surface area contributed by atoms with E-state index in [1.165, 1.54) is 0 Å². The summed E-state index contributed by atoms with van der Waals surface area (Å²) >= 11 is 3.41. The predicted octanol–water partition coefficient (Wildman–Crippen LogP) is 2.02. The summed E-state index contributed by atoms with van der Waals surface area (Å²) in [6.07, 6.45) is 5.67. The SMILES string of the molecule is CC1=CC=CC(C)(O)C1Br. The number of hydrogen-bond acceptors (Lipinski definition) is 1. The molecule has 10 heavy (non-hydrogen) atoms. The van der Waals surface area contributed by atoms with Gasteiger partial charge in [-0.3, -0.25) is 0 Å². The van der Waals surface area contributed by atoms with Crippen LogP contribution in [0.4, 0.5) is 0 Å². The zero-order chi connectivity index (χ0) is 7.78. The molecule has 0 spiro atoms. The van der Waals surface area contributed by atoms with Gasteiger partial charge in [0.1, 0.15) is 0 Å². The van der Waals surface area contributed by atoms with Gasteiger partial charge in [-0.25, -0.2) is 0 Å². The molecule has 0 heterocycles. The molecule has 0 bridgehead atoms. The van der Waals surface area contributed by atoms with E-state index in [1.807, 2.05) is 19.1 Å². The first kappa shape index (κ1) is 8.02. The number of allylic oxidation sites excluding steroid dienone is 2. The van der Waals surface area contributed by atoms with Gasteiger partial charge in [-0.05, 0) is 13.8 Å². The Labute approximate surface area is 69.6 Å². The van der Waals surface area contributed by atoms with Crippen LogP contribution >= 0.6 is 15.9 Å². The largest absolute Gasteiger partial charge is 0.385 e. The third-order valence-corrected chi connectivity index (χ3v) is 3.35. The van der Waals surface area contributed by atoms with Crippen LogP contribution in [-0.4, -0.2) is 15.5 Å². The number of aliphatic hydroxyl groups is 1. The van der Waals surface area contributed by atoms with Gasteiger partial charge < -0.3 is 5.11 Å². The maximum absolute atomic E-state index is 9.64. The van der Waals surface area contributed by atoms with Crippen LogP contribution in [0.3, 0.4) is 0 Å². The van der Waals surface area contributed by atoms with Gasteiger partial charge in [0.05, 0.1) is 10.4 Å². The number of rotatable bonds is 0. The Hall–Kier alpha value is -0.0800. The Morgan fingerprint density at radius 3 is 2.70 bits per heavy atom. The number of halogens is 1. The normalized spacial score (nSPS) is 39.6. The summed E-state index contributed by atoms with van der Waals surface area (Å²) in [7, 11) is 0. The van der Waals surface area contributed by atoms with Crippen LogP contribution in [0.25, 0.3) is 0 Å². The van der Waals surface area contributed by atoms with E-state index in [9.17, 15) is 5.11 Å². The maximum Gasteiger partial charge on any atom is 0.0964 e. The molecule has 1 rings (SSSR count). The van der Waals surface area contributed by atoms with E-state index in [0.29, 0.717) is 0 Å². The van der Waals surface area contributed by atoms with Gasteiger partial charge in [0.15, 0.2) is 0 Å². The van der Waals surface area contributed by atoms with E-state index in [0.717, 1.165) is 5.57 Å². The van der Waals surface area contributed by atoms with Gasteiger partial charge in [-0.2, -0.15) is 0 Å². The highest BCUT2D eigenvalue weighted by molar-refractivity contribution is 9.09. The van der Waals surface area contributed by atoms with E-state index in [-0.39, 0.29) is 4.83 Å². The van der Waals surface area contributed by atoms with Crippen LogP contribution in [-0.2, 0) is 0 Å². The highest BCUT2D eigenvalue weighted by atomic mass is 79.9. The molecule has 1 nitrogen and oxygen atoms in total. The molecule has 2 heteroatoms. The second-order valence-electron chi connectivity index (χ2n) is 2.86. The van der Waals surface area contributed by atoms with Gasteiger partial charge in [-0.15, -0.1) is 0 Å². The molecule has 1 aliphatic carbocycles. The minimum atomic E-state index is -0.723. The minimum absolute atomic E-state index is 0.0602. The summed E-state index contributed by atoms with van der Waals surface area (Å²) in [4.78, 5) is 0.0602. The summed E-state index contributed by atoms with van der Waals surface area (Å²) in [6, 6.07) is 0. The fraction of sp³-hybridized carbons (Fsp3) is 0.500. The van der Waals surface area contributed by atoms with Crippen molar-refractivity contribution in [3.8, 4) is 0 Å². The Morgan fingerprint density at radius 1 is 1.70 bits per heavy atom. The molecule has 0 aromatic carbocycles. The minimum Gasteiger partial charge on any atom is -0.385 e. The first-order valence-corrected chi connectivity index (χ1v) is 4.18. The van der Waals surface area contributed by atoms with Crippen molar-refractivity contribution < 1.29 is 5.11 Å². The standard InChI is InChI=1S/C8H11BrO/c1-6-4-3-5-8(2,10)7(6)9/h3-5,7,10H,1-2H3. The zero-order valence-electron chi connectivity index (χ0n) is 6.13. The molecule has 0 aliphatic heterocycles. The van der Waals surface area contributed by atoms with Crippen molar-refractivity contribution in [1.82, 2.24) is 0 Å². The van der Waals surface area contributed by atoms with E-state index in [4.69, 9.17) is 0 Å². The van der Waals surface area contributed by atoms with Crippen LogP contribution in [0, 0.1) is 0 Å². The molecular weight excluding hydrogens is 192 g/mol. The molecular formula is C8H11BrO. The molecule has 0 radical (unpaired) electrons. The fourth-order valence-corrected chi connectivity index (χ4v) is 1.33. The van der Waals surface area contributed by atoms with Crippen molar-refractivity contribution >= 4 is 15.9 Å². The monoisotopic (exact) mass is 202 g/mol. The lowest BCUT2D eigenvalue weighted by Crippen LogP contribution is -2.34. The Balaban J connectivity index is 2.89. The lowest BCUT2D eigenvalue weighted by molar-refractivity contribution is 0.118. The van der Waals surface area contributed by atoms with Crippen molar-refractivity contribution in [2.75, 3.05) is 0 Å². The van der Waals surface area contributed by atoms with E-state index < -0.39 is 5.60 Å². The lowest BCUT2D eigenvalue weighted by Gasteiger charge is -2.28. The van der Waals surface area contributed by atoms with Crippen molar-refractivity contribution in [3.63, 3.8) is 0 Å². The Morgan fingerprint density at radius 2 is 2.30 bits per heavy atom. The van der Waals surface area contributed by atoms with Crippen molar-refractivity contribution in [2.45, 2.75) is 24.3 Å². The van der Waals surface area contributed by atoms with Gasteiger partial charge in [-0.1, -0.05) is 39.7 Å². The van der Waals surface area contributed by atoms with E-state index >= 15 is 0 Å². The molecule has 0 fully saturated rings. The smallest absolute Gasteiger partial charge is 0.0964 e. The molecule has 2 unspecified atom stereocenters. The summed E-state index contributed by atoms with van der Waals surface area (Å²) < 4.78 is 0. The molecule has 2 atom stereocenters. The second kappa shape index (κ2) is 2.51. The third kappa shape index (κ3) is 1.32. The lowest BCUT2D eigenvalue weighted by atomic mass is 9.92. The average Bonchev–Trinajstić information content (AvgIpc) is 1.83. The first-order valence-electron chi connectivity index (χ1n) is 3.26. The molecule has 56 valence electrons. The quantitative estimate of drug-likeness (QED) is 0.597. The van der Waals surface area contributed by atoms with Gasteiger partial charge >= 0.3 is 0 Å². The first-order chi connectivity index (χ1) is 4.54. The van der Waals surface area contributed by atoms with Crippen molar-refractivity contribution in [1.29, 1.82) is 0 Å². The number of alkyl halides is 1. The molecule has 0 aromatic heterocycles. The molecule has 1 N–H and O–H groups in total. The van der Waals surface area contributed by atoms with Gasteiger partial charge in [0, 0.05) is 0 Å². The summed E-state index contributed by atoms with van der Waals surface area (Å²) in [5.41, 5.74) is 0.436. The number of hydrogen-bond donors (Lipinski definition) is 1. The Kier molecular flexibility index (Phi) is 2.02. The van der Waals surface area contributed by atoms with E-state index in [1.54, 1.807) is 13.0 Å². The van der Waals surface area contributed by atoms with Crippen LogP contribution in [0.5, 0.6) is 0 Å².